The van der Waals surface area contributed by atoms with Gasteiger partial charge in [-0.15, -0.1) is 0 Å². The lowest BCUT2D eigenvalue weighted by Crippen LogP contribution is -2.44. The monoisotopic (exact) mass is 274 g/mol. The Morgan fingerprint density at radius 3 is 2.90 bits per heavy atom. The Morgan fingerprint density at radius 1 is 1.35 bits per heavy atom. The normalized spacial score (nSPS) is 21.4. The van der Waals surface area contributed by atoms with Crippen LogP contribution in [0.4, 0.5) is 0 Å². The molecule has 0 saturated carbocycles. The Balaban J connectivity index is 1.68. The van der Waals surface area contributed by atoms with Crippen molar-refractivity contribution >= 4 is 11.8 Å². The van der Waals surface area contributed by atoms with Crippen molar-refractivity contribution in [1.29, 1.82) is 0 Å². The van der Waals surface area contributed by atoms with E-state index in [1.165, 1.54) is 0 Å². The highest BCUT2D eigenvalue weighted by Gasteiger charge is 2.33. The van der Waals surface area contributed by atoms with Gasteiger partial charge in [-0.1, -0.05) is 18.2 Å². The molecule has 5 heteroatoms. The molecular formula is C15H18N2O3. The summed E-state index contributed by atoms with van der Waals surface area (Å²) in [6, 6.07) is 7.38. The average Bonchev–Trinajstić information content (AvgIpc) is 3.05. The smallest absolute Gasteiger partial charge is 0.254 e. The standard InChI is InChI=1S/C15H18N2O3/c18-10-12-5-3-7-17(12)14(19)9-16-8-11-4-1-2-6-13(11)15(16)20/h1-2,4,6,12,18H,3,5,7-10H2/t12-/m0/s1. The van der Waals surface area contributed by atoms with Crippen molar-refractivity contribution in [3.63, 3.8) is 0 Å². The average molecular weight is 274 g/mol. The molecule has 3 rings (SSSR count). The van der Waals surface area contributed by atoms with Gasteiger partial charge in [-0.05, 0) is 24.5 Å². The quantitative estimate of drug-likeness (QED) is 0.879. The highest BCUT2D eigenvalue weighted by molar-refractivity contribution is 6.00. The van der Waals surface area contributed by atoms with Crippen LogP contribution in [-0.4, -0.2) is 52.5 Å². The number of rotatable bonds is 3. The fourth-order valence-electron chi connectivity index (χ4n) is 3.05. The van der Waals surface area contributed by atoms with Crippen LogP contribution in [0.3, 0.4) is 0 Å². The van der Waals surface area contributed by atoms with Crippen LogP contribution in [0, 0.1) is 0 Å². The highest BCUT2D eigenvalue weighted by Crippen LogP contribution is 2.23. The van der Waals surface area contributed by atoms with Crippen molar-refractivity contribution in [1.82, 2.24) is 9.80 Å². The Kier molecular flexibility index (Phi) is 3.44. The summed E-state index contributed by atoms with van der Waals surface area (Å²) in [5.74, 6) is -0.142. The summed E-state index contributed by atoms with van der Waals surface area (Å²) in [7, 11) is 0. The summed E-state index contributed by atoms with van der Waals surface area (Å²) in [6.07, 6.45) is 1.77. The van der Waals surface area contributed by atoms with Crippen LogP contribution < -0.4 is 0 Å². The van der Waals surface area contributed by atoms with E-state index in [4.69, 9.17) is 0 Å². The number of aliphatic hydroxyl groups is 1. The third-order valence-electron chi connectivity index (χ3n) is 4.13. The second kappa shape index (κ2) is 5.25. The van der Waals surface area contributed by atoms with E-state index in [0.717, 1.165) is 18.4 Å². The first kappa shape index (κ1) is 13.1. The van der Waals surface area contributed by atoms with Gasteiger partial charge in [-0.3, -0.25) is 9.59 Å². The molecule has 0 spiro atoms. The minimum absolute atomic E-state index is 0.0000873. The van der Waals surface area contributed by atoms with Crippen LogP contribution in [0.5, 0.6) is 0 Å². The number of likely N-dealkylation sites (tertiary alicyclic amines) is 1. The van der Waals surface area contributed by atoms with Gasteiger partial charge in [0.05, 0.1) is 12.6 Å². The zero-order valence-electron chi connectivity index (χ0n) is 11.3. The summed E-state index contributed by atoms with van der Waals surface area (Å²) in [6.45, 7) is 1.28. The molecule has 1 saturated heterocycles. The van der Waals surface area contributed by atoms with E-state index in [1.807, 2.05) is 18.2 Å². The van der Waals surface area contributed by atoms with Crippen molar-refractivity contribution in [2.24, 2.45) is 0 Å². The van der Waals surface area contributed by atoms with Gasteiger partial charge in [0.15, 0.2) is 0 Å². The number of nitrogens with zero attached hydrogens (tertiary/aromatic N) is 2. The number of carbonyl (C=O) groups is 2. The second-order valence-electron chi connectivity index (χ2n) is 5.38. The molecule has 0 aliphatic carbocycles. The molecule has 2 heterocycles. The Hall–Kier alpha value is -1.88. The number of hydrogen-bond donors (Lipinski definition) is 1. The van der Waals surface area contributed by atoms with E-state index in [2.05, 4.69) is 0 Å². The van der Waals surface area contributed by atoms with Crippen LogP contribution >= 0.6 is 0 Å². The number of amides is 2. The maximum Gasteiger partial charge on any atom is 0.254 e. The molecule has 2 aliphatic heterocycles. The highest BCUT2D eigenvalue weighted by atomic mass is 16.3. The summed E-state index contributed by atoms with van der Waals surface area (Å²) in [4.78, 5) is 27.8. The van der Waals surface area contributed by atoms with Crippen molar-refractivity contribution in [2.75, 3.05) is 19.7 Å². The summed E-state index contributed by atoms with van der Waals surface area (Å²) in [5.41, 5.74) is 1.67. The van der Waals surface area contributed by atoms with Crippen molar-refractivity contribution in [2.45, 2.75) is 25.4 Å². The number of carbonyl (C=O) groups excluding carboxylic acids is 2. The minimum Gasteiger partial charge on any atom is -0.394 e. The molecule has 106 valence electrons. The fourth-order valence-corrected chi connectivity index (χ4v) is 3.05. The molecule has 1 N–H and O–H groups in total. The molecule has 1 fully saturated rings. The number of benzene rings is 1. The van der Waals surface area contributed by atoms with Gasteiger partial charge < -0.3 is 14.9 Å². The zero-order valence-corrected chi connectivity index (χ0v) is 11.3. The predicted octanol–water partition coefficient (Wildman–Crippen LogP) is 0.626. The van der Waals surface area contributed by atoms with Crippen molar-refractivity contribution in [3.05, 3.63) is 35.4 Å². The number of hydrogen-bond acceptors (Lipinski definition) is 3. The van der Waals surface area contributed by atoms with Crippen LogP contribution in [0.1, 0.15) is 28.8 Å². The van der Waals surface area contributed by atoms with Crippen molar-refractivity contribution in [3.8, 4) is 0 Å². The summed E-state index contributed by atoms with van der Waals surface area (Å²) in [5, 5.41) is 9.27. The van der Waals surface area contributed by atoms with E-state index in [0.29, 0.717) is 18.7 Å². The Bertz CT molecular complexity index is 544. The third kappa shape index (κ3) is 2.18. The molecule has 0 bridgehead atoms. The Morgan fingerprint density at radius 2 is 2.15 bits per heavy atom. The largest absolute Gasteiger partial charge is 0.394 e. The van der Waals surface area contributed by atoms with E-state index < -0.39 is 0 Å². The fraction of sp³-hybridized carbons (Fsp3) is 0.467. The summed E-state index contributed by atoms with van der Waals surface area (Å²) >= 11 is 0. The lowest BCUT2D eigenvalue weighted by molar-refractivity contribution is -0.133. The second-order valence-corrected chi connectivity index (χ2v) is 5.38. The molecule has 0 radical (unpaired) electrons. The van der Waals surface area contributed by atoms with Gasteiger partial charge in [-0.25, -0.2) is 0 Å². The number of fused-ring (bicyclic) bond motifs is 1. The van der Waals surface area contributed by atoms with Gasteiger partial charge in [0.1, 0.15) is 6.54 Å². The van der Waals surface area contributed by atoms with Gasteiger partial charge in [0.25, 0.3) is 5.91 Å². The predicted molar refractivity (Wildman–Crippen MR) is 73.0 cm³/mol. The first-order chi connectivity index (χ1) is 9.70. The van der Waals surface area contributed by atoms with E-state index in [9.17, 15) is 14.7 Å². The molecule has 0 aromatic heterocycles. The lowest BCUT2D eigenvalue weighted by Gasteiger charge is -2.25. The lowest BCUT2D eigenvalue weighted by atomic mass is 10.1. The van der Waals surface area contributed by atoms with Crippen LogP contribution in [-0.2, 0) is 11.3 Å². The third-order valence-corrected chi connectivity index (χ3v) is 4.13. The first-order valence-corrected chi connectivity index (χ1v) is 6.98. The van der Waals surface area contributed by atoms with Gasteiger partial charge >= 0.3 is 0 Å². The molecule has 0 unspecified atom stereocenters. The van der Waals surface area contributed by atoms with E-state index in [-0.39, 0.29) is 31.0 Å². The minimum atomic E-state index is -0.0809. The van der Waals surface area contributed by atoms with Gasteiger partial charge in [-0.2, -0.15) is 0 Å². The maximum atomic E-state index is 12.3. The topological polar surface area (TPSA) is 60.9 Å². The molecule has 2 aliphatic rings. The molecule has 2 amide bonds. The molecule has 5 nitrogen and oxygen atoms in total. The molecule has 20 heavy (non-hydrogen) atoms. The van der Waals surface area contributed by atoms with Crippen molar-refractivity contribution < 1.29 is 14.7 Å². The van der Waals surface area contributed by atoms with Crippen LogP contribution in [0.2, 0.25) is 0 Å². The Labute approximate surface area is 117 Å². The molecule has 1 atom stereocenters. The molecule has 1 aromatic rings. The molecular weight excluding hydrogens is 256 g/mol. The van der Waals surface area contributed by atoms with Crippen LogP contribution in [0.25, 0.3) is 0 Å². The van der Waals surface area contributed by atoms with E-state index in [1.54, 1.807) is 15.9 Å². The van der Waals surface area contributed by atoms with Crippen LogP contribution in [0.15, 0.2) is 24.3 Å². The van der Waals surface area contributed by atoms with E-state index >= 15 is 0 Å². The zero-order chi connectivity index (χ0) is 14.1. The van der Waals surface area contributed by atoms with Gasteiger partial charge in [0, 0.05) is 18.7 Å². The first-order valence-electron chi connectivity index (χ1n) is 6.98. The molecule has 1 aromatic carbocycles. The summed E-state index contributed by atoms with van der Waals surface area (Å²) < 4.78 is 0. The maximum absolute atomic E-state index is 12.3. The SMILES string of the molecule is O=C1c2ccccc2CN1CC(=O)N1CCC[C@H]1CO. The number of aliphatic hydroxyl groups excluding tert-OH is 1. The van der Waals surface area contributed by atoms with Gasteiger partial charge in [0.2, 0.25) is 5.91 Å².